The molecule has 1 aliphatic rings. The van der Waals surface area contributed by atoms with Gasteiger partial charge in [0, 0.05) is 18.7 Å². The summed E-state index contributed by atoms with van der Waals surface area (Å²) in [7, 11) is -3.88. The Bertz CT molecular complexity index is 799. The number of nitrogens with zero attached hydrogens (tertiary/aromatic N) is 1. The quantitative estimate of drug-likeness (QED) is 0.787. The van der Waals surface area contributed by atoms with Crippen molar-refractivity contribution in [2.45, 2.75) is 17.1 Å². The first-order valence-corrected chi connectivity index (χ1v) is 9.16. The van der Waals surface area contributed by atoms with Crippen molar-refractivity contribution in [2.24, 2.45) is 0 Å². The maximum atomic E-state index is 12.1. The van der Waals surface area contributed by atoms with Crippen molar-refractivity contribution in [2.75, 3.05) is 11.4 Å². The molecular weight excluding hydrogens is 346 g/mol. The van der Waals surface area contributed by atoms with Crippen LogP contribution in [-0.2, 0) is 14.9 Å². The Labute approximate surface area is 137 Å². The highest BCUT2D eigenvalue weighted by molar-refractivity contribution is 7.89. The van der Waals surface area contributed by atoms with Crippen molar-refractivity contribution in [3.8, 4) is 5.75 Å². The smallest absolute Gasteiger partial charge is 0.348 e. The highest BCUT2D eigenvalue weighted by atomic mass is 35.5. The van der Waals surface area contributed by atoms with E-state index in [9.17, 15) is 13.2 Å². The molecule has 0 unspecified atom stereocenters. The van der Waals surface area contributed by atoms with E-state index in [2.05, 4.69) is 0 Å². The van der Waals surface area contributed by atoms with E-state index in [4.69, 9.17) is 15.8 Å². The molecule has 3 rings (SSSR count). The fourth-order valence-corrected chi connectivity index (χ4v) is 4.58. The monoisotopic (exact) mass is 357 g/mol. The highest BCUT2D eigenvalue weighted by Crippen LogP contribution is 2.29. The van der Waals surface area contributed by atoms with E-state index >= 15 is 0 Å². The van der Waals surface area contributed by atoms with Gasteiger partial charge in [0.05, 0.1) is 4.34 Å². The van der Waals surface area contributed by atoms with Gasteiger partial charge in [0.25, 0.3) is 0 Å². The number of hydrogen-bond acceptors (Lipinski definition) is 5. The minimum atomic E-state index is -3.88. The summed E-state index contributed by atoms with van der Waals surface area (Å²) in [6.45, 7) is 0.686. The first-order chi connectivity index (χ1) is 10.5. The molecule has 0 saturated carbocycles. The molecule has 0 N–H and O–H groups in total. The summed E-state index contributed by atoms with van der Waals surface area (Å²) in [5, 5.41) is 0. The Morgan fingerprint density at radius 1 is 1.14 bits per heavy atom. The third kappa shape index (κ3) is 3.11. The number of hydrogen-bond donors (Lipinski definition) is 0. The summed E-state index contributed by atoms with van der Waals surface area (Å²) in [4.78, 5) is 13.3. The summed E-state index contributed by atoms with van der Waals surface area (Å²) < 4.78 is 29.6. The Balaban J connectivity index is 1.77. The summed E-state index contributed by atoms with van der Waals surface area (Å²) >= 11 is 6.68. The van der Waals surface area contributed by atoms with Crippen LogP contribution >= 0.6 is 22.9 Å². The number of halogens is 1. The topological polar surface area (TPSA) is 63.7 Å². The number of thiophene rings is 1. The molecule has 0 bridgehead atoms. The molecule has 116 valence electrons. The van der Waals surface area contributed by atoms with Crippen LogP contribution in [-0.4, -0.2) is 20.9 Å². The molecule has 1 aromatic carbocycles. The van der Waals surface area contributed by atoms with E-state index in [1.807, 2.05) is 0 Å². The standard InChI is InChI=1S/C14H12ClNO4S2/c15-12-7-8-14(21-12)22(18,19)20-11-5-3-10(4-6-11)16-9-1-2-13(16)17/h3-8H,1-2,9H2. The molecule has 1 aromatic heterocycles. The fraction of sp³-hybridized carbons (Fsp3) is 0.214. The van der Waals surface area contributed by atoms with Crippen LogP contribution in [0.15, 0.2) is 40.6 Å². The predicted octanol–water partition coefficient (Wildman–Crippen LogP) is 3.30. The molecule has 1 aliphatic heterocycles. The lowest BCUT2D eigenvalue weighted by atomic mass is 10.3. The second-order valence-corrected chi connectivity index (χ2v) is 8.23. The first-order valence-electron chi connectivity index (χ1n) is 6.56. The number of carbonyl (C=O) groups is 1. The van der Waals surface area contributed by atoms with Gasteiger partial charge >= 0.3 is 10.1 Å². The Morgan fingerprint density at radius 3 is 2.41 bits per heavy atom. The van der Waals surface area contributed by atoms with E-state index in [1.54, 1.807) is 17.0 Å². The van der Waals surface area contributed by atoms with Crippen molar-refractivity contribution < 1.29 is 17.4 Å². The zero-order chi connectivity index (χ0) is 15.7. The minimum absolute atomic E-state index is 0.0521. The molecule has 2 aromatic rings. The average molecular weight is 358 g/mol. The lowest BCUT2D eigenvalue weighted by Crippen LogP contribution is -2.23. The van der Waals surface area contributed by atoms with Crippen molar-refractivity contribution in [1.82, 2.24) is 0 Å². The van der Waals surface area contributed by atoms with Crippen molar-refractivity contribution in [3.63, 3.8) is 0 Å². The zero-order valence-electron chi connectivity index (χ0n) is 11.4. The molecule has 0 atom stereocenters. The number of amides is 1. The van der Waals surface area contributed by atoms with Gasteiger partial charge in [0.1, 0.15) is 5.75 Å². The number of carbonyl (C=O) groups excluding carboxylic acids is 1. The van der Waals surface area contributed by atoms with E-state index in [0.717, 1.165) is 23.4 Å². The molecule has 1 fully saturated rings. The lowest BCUT2D eigenvalue weighted by Gasteiger charge is -2.15. The van der Waals surface area contributed by atoms with E-state index in [-0.39, 0.29) is 15.9 Å². The van der Waals surface area contributed by atoms with E-state index < -0.39 is 10.1 Å². The molecule has 1 saturated heterocycles. The van der Waals surface area contributed by atoms with Crippen molar-refractivity contribution in [3.05, 3.63) is 40.7 Å². The van der Waals surface area contributed by atoms with Gasteiger partial charge in [-0.15, -0.1) is 11.3 Å². The Hall–Kier alpha value is -1.57. The van der Waals surface area contributed by atoms with Crippen molar-refractivity contribution >= 4 is 44.7 Å². The van der Waals surface area contributed by atoms with E-state index in [0.29, 0.717) is 17.3 Å². The first kappa shape index (κ1) is 15.3. The van der Waals surface area contributed by atoms with Gasteiger partial charge in [-0.25, -0.2) is 0 Å². The molecule has 22 heavy (non-hydrogen) atoms. The molecule has 1 amide bonds. The largest absolute Gasteiger partial charge is 0.378 e. The van der Waals surface area contributed by atoms with Gasteiger partial charge in [0.2, 0.25) is 5.91 Å². The van der Waals surface area contributed by atoms with Gasteiger partial charge < -0.3 is 9.08 Å². The second-order valence-electron chi connectivity index (χ2n) is 4.74. The summed E-state index contributed by atoms with van der Waals surface area (Å²) in [5.41, 5.74) is 0.742. The van der Waals surface area contributed by atoms with Crippen LogP contribution < -0.4 is 9.08 Å². The minimum Gasteiger partial charge on any atom is -0.378 e. The van der Waals surface area contributed by atoms with Gasteiger partial charge in [0.15, 0.2) is 4.21 Å². The Kier molecular flexibility index (Phi) is 4.12. The average Bonchev–Trinajstić information content (AvgIpc) is 3.08. The van der Waals surface area contributed by atoms with Crippen LogP contribution in [0.2, 0.25) is 4.34 Å². The highest BCUT2D eigenvalue weighted by Gasteiger charge is 2.22. The molecule has 2 heterocycles. The van der Waals surface area contributed by atoms with Gasteiger partial charge in [-0.2, -0.15) is 8.42 Å². The van der Waals surface area contributed by atoms with Gasteiger partial charge in [-0.05, 0) is 42.8 Å². The van der Waals surface area contributed by atoms with Crippen LogP contribution in [0, 0.1) is 0 Å². The summed E-state index contributed by atoms with van der Waals surface area (Å²) in [6.07, 6.45) is 1.39. The zero-order valence-corrected chi connectivity index (χ0v) is 13.7. The van der Waals surface area contributed by atoms with Crippen LogP contribution in [0.1, 0.15) is 12.8 Å². The molecule has 8 heteroatoms. The second kappa shape index (κ2) is 5.91. The van der Waals surface area contributed by atoms with Gasteiger partial charge in [-0.3, -0.25) is 4.79 Å². The molecule has 0 aliphatic carbocycles. The lowest BCUT2D eigenvalue weighted by molar-refractivity contribution is -0.117. The molecule has 0 spiro atoms. The fourth-order valence-electron chi connectivity index (χ4n) is 2.20. The predicted molar refractivity (Wildman–Crippen MR) is 85.2 cm³/mol. The molecule has 0 radical (unpaired) electrons. The summed E-state index contributed by atoms with van der Waals surface area (Å²) in [5.74, 6) is 0.273. The van der Waals surface area contributed by atoms with Crippen molar-refractivity contribution in [1.29, 1.82) is 0 Å². The third-order valence-corrected chi connectivity index (χ3v) is 6.15. The maximum Gasteiger partial charge on any atom is 0.348 e. The SMILES string of the molecule is O=C1CCCN1c1ccc(OS(=O)(=O)c2ccc(Cl)s2)cc1. The maximum absolute atomic E-state index is 12.1. The summed E-state index contributed by atoms with van der Waals surface area (Å²) in [6, 6.07) is 9.33. The van der Waals surface area contributed by atoms with Crippen LogP contribution in [0.3, 0.4) is 0 Å². The van der Waals surface area contributed by atoms with Crippen LogP contribution in [0.25, 0.3) is 0 Å². The van der Waals surface area contributed by atoms with Crippen LogP contribution in [0.4, 0.5) is 5.69 Å². The van der Waals surface area contributed by atoms with Crippen LogP contribution in [0.5, 0.6) is 5.75 Å². The third-order valence-electron chi connectivity index (χ3n) is 3.22. The van der Waals surface area contributed by atoms with E-state index in [1.165, 1.54) is 24.3 Å². The number of anilines is 1. The molecule has 5 nitrogen and oxygen atoms in total. The number of benzene rings is 1. The Morgan fingerprint density at radius 2 is 1.86 bits per heavy atom. The van der Waals surface area contributed by atoms with Gasteiger partial charge in [-0.1, -0.05) is 11.6 Å². The molecular formula is C14H12ClNO4S2. The normalized spacial score (nSPS) is 15.3. The number of rotatable bonds is 4.